The van der Waals surface area contributed by atoms with Crippen molar-refractivity contribution in [1.82, 2.24) is 0 Å². The van der Waals surface area contributed by atoms with Crippen LogP contribution in [0.25, 0.3) is 0 Å². The number of hydrogen-bond acceptors (Lipinski definition) is 10. The van der Waals surface area contributed by atoms with E-state index in [9.17, 15) is 29.9 Å². The Kier molecular flexibility index (Phi) is 23.7. The molecule has 1 saturated heterocycles. The molecule has 1 fully saturated rings. The van der Waals surface area contributed by atoms with Gasteiger partial charge in [-0.1, -0.05) is 110 Å². The number of phosphoric acid groups is 1. The summed E-state index contributed by atoms with van der Waals surface area (Å²) in [4.78, 5) is 12.9. The molecule has 0 radical (unpaired) electrons. The van der Waals surface area contributed by atoms with Gasteiger partial charge in [-0.25, -0.2) is 0 Å². The van der Waals surface area contributed by atoms with Crippen LogP contribution >= 0.6 is 7.82 Å². The van der Waals surface area contributed by atoms with Crippen LogP contribution in [0.5, 0.6) is 0 Å². The SMILES string of the molecule is CCCCCCCCCCC1(OP(=O)([O-])OCCCO)O[C@H](CO)[C@@H](O)[C@H](O)[C@]1(O)CCCCCCCCCC.[Na+]. The summed E-state index contributed by atoms with van der Waals surface area (Å²) in [5.74, 6) is -2.25. The molecule has 41 heavy (non-hydrogen) atoms. The molecule has 0 aromatic heterocycles. The van der Waals surface area contributed by atoms with Gasteiger partial charge in [-0.2, -0.15) is 0 Å². The van der Waals surface area contributed by atoms with Crippen LogP contribution in [0.4, 0.5) is 0 Å². The average molecular weight is 621 g/mol. The zero-order valence-corrected chi connectivity index (χ0v) is 28.9. The van der Waals surface area contributed by atoms with E-state index in [0.717, 1.165) is 70.6 Å². The van der Waals surface area contributed by atoms with Crippen molar-refractivity contribution in [3.8, 4) is 0 Å². The number of rotatable bonds is 25. The molecule has 2 unspecified atom stereocenters. The van der Waals surface area contributed by atoms with Crippen molar-refractivity contribution < 1.29 is 78.3 Å². The summed E-state index contributed by atoms with van der Waals surface area (Å²) in [5, 5.41) is 52.6. The van der Waals surface area contributed by atoms with E-state index in [4.69, 9.17) is 18.9 Å². The molecule has 0 bridgehead atoms. The molecule has 0 aromatic carbocycles. The number of phosphoric ester groups is 1. The third kappa shape index (κ3) is 14.7. The number of aliphatic hydroxyl groups is 5. The molecule has 0 aromatic rings. The van der Waals surface area contributed by atoms with Crippen molar-refractivity contribution in [3.63, 3.8) is 0 Å². The molecule has 0 amide bonds. The second-order valence-corrected chi connectivity index (χ2v) is 12.7. The molecule has 0 spiro atoms. The van der Waals surface area contributed by atoms with Crippen LogP contribution in [0.1, 0.15) is 136 Å². The summed E-state index contributed by atoms with van der Waals surface area (Å²) in [5.41, 5.74) is -2.26. The van der Waals surface area contributed by atoms with Crippen molar-refractivity contribution >= 4 is 7.82 Å². The van der Waals surface area contributed by atoms with Crippen LogP contribution in [0.3, 0.4) is 0 Å². The van der Waals surface area contributed by atoms with E-state index in [1.165, 1.54) is 19.3 Å². The first-order valence-corrected chi connectivity index (χ1v) is 17.2. The summed E-state index contributed by atoms with van der Waals surface area (Å²) in [7, 11) is -5.07. The van der Waals surface area contributed by atoms with E-state index < -0.39 is 44.1 Å². The molecule has 5 N–H and O–H groups in total. The number of aliphatic hydroxyl groups excluding tert-OH is 4. The zero-order valence-electron chi connectivity index (χ0n) is 26.0. The molecule has 240 valence electrons. The maximum Gasteiger partial charge on any atom is 1.00 e. The summed E-state index contributed by atoms with van der Waals surface area (Å²) >= 11 is 0. The second-order valence-electron chi connectivity index (χ2n) is 11.4. The maximum atomic E-state index is 12.9. The van der Waals surface area contributed by atoms with Gasteiger partial charge >= 0.3 is 29.6 Å². The fourth-order valence-electron chi connectivity index (χ4n) is 5.50. The molecular weight excluding hydrogens is 562 g/mol. The second kappa shape index (κ2) is 23.2. The summed E-state index contributed by atoms with van der Waals surface area (Å²) in [6, 6.07) is 0. The van der Waals surface area contributed by atoms with Crippen LogP contribution < -0.4 is 34.5 Å². The minimum absolute atomic E-state index is 0. The molecule has 12 heteroatoms. The molecule has 1 heterocycles. The smallest absolute Gasteiger partial charge is 0.756 e. The van der Waals surface area contributed by atoms with Gasteiger partial charge in [0.15, 0.2) is 0 Å². The molecule has 0 saturated carbocycles. The van der Waals surface area contributed by atoms with Crippen molar-refractivity contribution in [2.45, 2.75) is 166 Å². The molecule has 0 aliphatic carbocycles. The predicted octanol–water partition coefficient (Wildman–Crippen LogP) is 1.48. The van der Waals surface area contributed by atoms with E-state index in [0.29, 0.717) is 12.8 Å². The monoisotopic (exact) mass is 620 g/mol. The van der Waals surface area contributed by atoms with E-state index in [1.807, 2.05) is 0 Å². The minimum atomic E-state index is -5.07. The largest absolute Gasteiger partial charge is 1.00 e. The maximum absolute atomic E-state index is 12.9. The van der Waals surface area contributed by atoms with E-state index in [-0.39, 0.29) is 62.0 Å². The standard InChI is InChI=1S/C29H59O10P.Na/c1-3-5-7-9-11-13-15-17-20-28(34)27(33)26(32)25(24-31)38-29(28,39-40(35,36)37-23-19-22-30)21-18-16-14-12-10-8-6-4-2;/h25-27,30-34H,3-24H2,1-2H3,(H,35,36);/q;+1/p-1/t25-,26-,27+,28-,29?;/m1./s1. The topological polar surface area (TPSA) is 169 Å². The van der Waals surface area contributed by atoms with Crippen molar-refractivity contribution in [1.29, 1.82) is 0 Å². The van der Waals surface area contributed by atoms with Crippen molar-refractivity contribution in [2.75, 3.05) is 19.8 Å². The third-order valence-electron chi connectivity index (χ3n) is 7.96. The first-order chi connectivity index (χ1) is 19.1. The minimum Gasteiger partial charge on any atom is -0.756 e. The van der Waals surface area contributed by atoms with Gasteiger partial charge < -0.3 is 39.7 Å². The van der Waals surface area contributed by atoms with Crippen molar-refractivity contribution in [2.24, 2.45) is 0 Å². The summed E-state index contributed by atoms with van der Waals surface area (Å²) in [6.45, 7) is 3.01. The van der Waals surface area contributed by atoms with Crippen LogP contribution in [-0.2, 0) is 18.3 Å². The van der Waals surface area contributed by atoms with Gasteiger partial charge in [0.2, 0.25) is 5.79 Å². The van der Waals surface area contributed by atoms with Crippen LogP contribution in [0, 0.1) is 0 Å². The van der Waals surface area contributed by atoms with E-state index in [1.54, 1.807) is 0 Å². The van der Waals surface area contributed by atoms with Gasteiger partial charge in [0.1, 0.15) is 23.9 Å². The molecule has 10 nitrogen and oxygen atoms in total. The molecular formula is C29H58NaO10P. The fourth-order valence-corrected chi connectivity index (χ4v) is 6.56. The van der Waals surface area contributed by atoms with E-state index >= 15 is 0 Å². The molecule has 1 rings (SSSR count). The Morgan fingerprint density at radius 3 is 1.71 bits per heavy atom. The Bertz CT molecular complexity index is 690. The summed E-state index contributed by atoms with van der Waals surface area (Å²) in [6.07, 6.45) is 10.7. The van der Waals surface area contributed by atoms with Crippen molar-refractivity contribution in [3.05, 3.63) is 0 Å². The number of hydrogen-bond donors (Lipinski definition) is 5. The third-order valence-corrected chi connectivity index (χ3v) is 8.97. The van der Waals surface area contributed by atoms with Gasteiger partial charge in [0.25, 0.3) is 7.82 Å². The first-order valence-electron chi connectivity index (χ1n) is 15.8. The van der Waals surface area contributed by atoms with Gasteiger partial charge in [0, 0.05) is 13.0 Å². The first kappa shape index (κ1) is 41.9. The molecule has 1 aliphatic heterocycles. The Morgan fingerprint density at radius 2 is 1.24 bits per heavy atom. The number of unbranched alkanes of at least 4 members (excludes halogenated alkanes) is 14. The van der Waals surface area contributed by atoms with Crippen LogP contribution in [-0.4, -0.2) is 75.1 Å². The van der Waals surface area contributed by atoms with Gasteiger partial charge in [-0.15, -0.1) is 0 Å². The van der Waals surface area contributed by atoms with Gasteiger partial charge in [-0.3, -0.25) is 9.09 Å². The molecule has 6 atom stereocenters. The Hall–Kier alpha value is 0.870. The van der Waals surface area contributed by atoms with E-state index in [2.05, 4.69) is 13.8 Å². The Morgan fingerprint density at radius 1 is 0.780 bits per heavy atom. The van der Waals surface area contributed by atoms with Crippen LogP contribution in [0.15, 0.2) is 0 Å². The predicted molar refractivity (Wildman–Crippen MR) is 152 cm³/mol. The van der Waals surface area contributed by atoms with Gasteiger partial charge in [0.05, 0.1) is 13.2 Å². The number of ether oxygens (including phenoxy) is 1. The average Bonchev–Trinajstić information content (AvgIpc) is 2.92. The van der Waals surface area contributed by atoms with Crippen LogP contribution in [0.2, 0.25) is 0 Å². The Balaban J connectivity index is 0.0000160. The Labute approximate surface area is 270 Å². The quantitative estimate of drug-likeness (QED) is 0.0573. The summed E-state index contributed by atoms with van der Waals surface area (Å²) < 4.78 is 29.2. The van der Waals surface area contributed by atoms with Gasteiger partial charge in [-0.05, 0) is 19.3 Å². The molecule has 1 aliphatic rings. The normalized spacial score (nSPS) is 27.9. The fraction of sp³-hybridized carbons (Fsp3) is 1.00. The zero-order chi connectivity index (χ0) is 29.9.